The number of pyridine rings is 1. The summed E-state index contributed by atoms with van der Waals surface area (Å²) in [7, 11) is 0. The maximum Gasteiger partial charge on any atom is 0.337 e. The third-order valence-corrected chi connectivity index (χ3v) is 7.33. The molecule has 0 aliphatic heterocycles. The summed E-state index contributed by atoms with van der Waals surface area (Å²) in [5.41, 5.74) is 5.10. The molecule has 0 aliphatic rings. The highest BCUT2D eigenvalue weighted by atomic mass is 35.5. The standard InChI is InChI=1S/C29H29ClN2O3S/c1-5-18-8-7-9-19(6-2)26(18)32-25(14-17(3)4)22(29(34)35)15-23(28(32)33)27-31-24(16-36-27)20-10-12-21(30)13-11-20/h7-13,15-17H,5-6,14H2,1-4H3,(H,34,35). The van der Waals surface area contributed by atoms with Gasteiger partial charge >= 0.3 is 5.97 Å². The van der Waals surface area contributed by atoms with Gasteiger partial charge in [-0.05, 0) is 54.5 Å². The van der Waals surface area contributed by atoms with Crippen LogP contribution < -0.4 is 5.56 Å². The molecule has 0 aliphatic carbocycles. The molecule has 4 aromatic rings. The average molecular weight is 521 g/mol. The third kappa shape index (κ3) is 5.01. The predicted octanol–water partition coefficient (Wildman–Crippen LogP) is 7.30. The molecule has 0 bridgehead atoms. The number of thiazole rings is 1. The highest BCUT2D eigenvalue weighted by Crippen LogP contribution is 2.31. The number of carboxylic acid groups (broad SMARTS) is 1. The monoisotopic (exact) mass is 520 g/mol. The van der Waals surface area contributed by atoms with Crippen molar-refractivity contribution in [2.75, 3.05) is 0 Å². The number of para-hydroxylation sites is 1. The molecular formula is C29H29ClN2O3S. The molecule has 0 spiro atoms. The quantitative estimate of drug-likeness (QED) is 0.264. The maximum atomic E-state index is 14.2. The second kappa shape index (κ2) is 10.8. The van der Waals surface area contributed by atoms with Crippen LogP contribution in [0.25, 0.3) is 27.5 Å². The first-order valence-corrected chi connectivity index (χ1v) is 13.4. The van der Waals surface area contributed by atoms with E-state index in [0.717, 1.165) is 35.2 Å². The van der Waals surface area contributed by atoms with Crippen molar-refractivity contribution in [3.05, 3.63) is 91.7 Å². The molecule has 5 nitrogen and oxygen atoms in total. The van der Waals surface area contributed by atoms with Crippen LogP contribution in [-0.4, -0.2) is 20.6 Å². The number of hydrogen-bond donors (Lipinski definition) is 1. The lowest BCUT2D eigenvalue weighted by Gasteiger charge is -2.22. The molecule has 0 amide bonds. The smallest absolute Gasteiger partial charge is 0.337 e. The van der Waals surface area contributed by atoms with Gasteiger partial charge in [0.05, 0.1) is 22.5 Å². The first kappa shape index (κ1) is 25.9. The summed E-state index contributed by atoms with van der Waals surface area (Å²) in [5, 5.41) is 13.2. The molecule has 186 valence electrons. The summed E-state index contributed by atoms with van der Waals surface area (Å²) in [5.74, 6) is -0.892. The Kier molecular flexibility index (Phi) is 7.76. The minimum Gasteiger partial charge on any atom is -0.478 e. The van der Waals surface area contributed by atoms with Crippen molar-refractivity contribution in [1.29, 1.82) is 0 Å². The molecule has 0 saturated carbocycles. The zero-order valence-corrected chi connectivity index (χ0v) is 22.4. The normalized spacial score (nSPS) is 11.3. The van der Waals surface area contributed by atoms with E-state index in [1.54, 1.807) is 16.7 Å². The second-order valence-corrected chi connectivity index (χ2v) is 10.4. The highest BCUT2D eigenvalue weighted by Gasteiger charge is 2.25. The highest BCUT2D eigenvalue weighted by molar-refractivity contribution is 7.13. The number of carbonyl (C=O) groups is 1. The number of rotatable bonds is 8. The Labute approximate surface area is 220 Å². The second-order valence-electron chi connectivity index (χ2n) is 9.14. The molecule has 1 N–H and O–H groups in total. The number of benzene rings is 2. The molecule has 7 heteroatoms. The summed E-state index contributed by atoms with van der Waals surface area (Å²) in [6.07, 6.45) is 1.91. The van der Waals surface area contributed by atoms with Gasteiger partial charge in [-0.1, -0.05) is 69.6 Å². The van der Waals surface area contributed by atoms with Gasteiger partial charge in [0.1, 0.15) is 5.01 Å². The largest absolute Gasteiger partial charge is 0.478 e. The number of nitrogens with zero attached hydrogens (tertiary/aromatic N) is 2. The molecule has 0 radical (unpaired) electrons. The summed E-state index contributed by atoms with van der Waals surface area (Å²) in [6.45, 7) is 8.15. The molecular weight excluding hydrogens is 492 g/mol. The van der Waals surface area contributed by atoms with Gasteiger partial charge in [0.2, 0.25) is 0 Å². The summed E-state index contributed by atoms with van der Waals surface area (Å²) < 4.78 is 1.65. The fraction of sp³-hybridized carbons (Fsp3) is 0.276. The van der Waals surface area contributed by atoms with E-state index in [0.29, 0.717) is 27.8 Å². The Bertz CT molecular complexity index is 1450. The van der Waals surface area contributed by atoms with Gasteiger partial charge in [0, 0.05) is 21.7 Å². The Morgan fingerprint density at radius 2 is 1.72 bits per heavy atom. The molecule has 0 fully saturated rings. The van der Waals surface area contributed by atoms with Crippen LogP contribution in [0.5, 0.6) is 0 Å². The lowest BCUT2D eigenvalue weighted by Crippen LogP contribution is -2.29. The van der Waals surface area contributed by atoms with Gasteiger partial charge in [0.15, 0.2) is 0 Å². The van der Waals surface area contributed by atoms with Crippen molar-refractivity contribution in [3.8, 4) is 27.5 Å². The van der Waals surface area contributed by atoms with Crippen molar-refractivity contribution in [2.24, 2.45) is 5.92 Å². The van der Waals surface area contributed by atoms with Crippen LogP contribution in [0, 0.1) is 5.92 Å². The van der Waals surface area contributed by atoms with Crippen LogP contribution in [0.15, 0.2) is 58.7 Å². The Morgan fingerprint density at radius 1 is 1.08 bits per heavy atom. The van der Waals surface area contributed by atoms with Crippen LogP contribution in [0.1, 0.15) is 54.9 Å². The molecule has 2 heterocycles. The van der Waals surface area contributed by atoms with Crippen LogP contribution in [-0.2, 0) is 19.3 Å². The number of aromatic nitrogens is 2. The van der Waals surface area contributed by atoms with Crippen molar-refractivity contribution in [3.63, 3.8) is 0 Å². The molecule has 2 aromatic heterocycles. The van der Waals surface area contributed by atoms with Gasteiger partial charge < -0.3 is 5.11 Å². The van der Waals surface area contributed by atoms with Crippen LogP contribution >= 0.6 is 22.9 Å². The molecule has 36 heavy (non-hydrogen) atoms. The SMILES string of the molecule is CCc1cccc(CC)c1-n1c(CC(C)C)c(C(=O)O)cc(-c2nc(-c3ccc(Cl)cc3)cs2)c1=O. The number of aromatic carboxylic acids is 1. The molecule has 0 saturated heterocycles. The predicted molar refractivity (Wildman–Crippen MR) is 148 cm³/mol. The molecule has 0 unspecified atom stereocenters. The van der Waals surface area contributed by atoms with Gasteiger partial charge in [0.25, 0.3) is 5.56 Å². The van der Waals surface area contributed by atoms with E-state index >= 15 is 0 Å². The average Bonchev–Trinajstić information content (AvgIpc) is 3.34. The first-order chi connectivity index (χ1) is 17.2. The number of aryl methyl sites for hydroxylation is 2. The fourth-order valence-electron chi connectivity index (χ4n) is 4.47. The van der Waals surface area contributed by atoms with E-state index in [-0.39, 0.29) is 22.6 Å². The fourth-order valence-corrected chi connectivity index (χ4v) is 5.43. The minimum atomic E-state index is -1.05. The Morgan fingerprint density at radius 3 is 2.28 bits per heavy atom. The zero-order chi connectivity index (χ0) is 26.0. The number of carboxylic acids is 1. The first-order valence-electron chi connectivity index (χ1n) is 12.1. The van der Waals surface area contributed by atoms with E-state index in [2.05, 4.69) is 0 Å². The molecule has 4 rings (SSSR count). The lowest BCUT2D eigenvalue weighted by molar-refractivity contribution is 0.0694. The van der Waals surface area contributed by atoms with E-state index in [9.17, 15) is 14.7 Å². The summed E-state index contributed by atoms with van der Waals surface area (Å²) in [6, 6.07) is 14.8. The molecule has 2 aromatic carbocycles. The number of halogens is 1. The van der Waals surface area contributed by atoms with E-state index in [4.69, 9.17) is 16.6 Å². The summed E-state index contributed by atoms with van der Waals surface area (Å²) in [4.78, 5) is 31.4. The van der Waals surface area contributed by atoms with Gasteiger partial charge in [-0.3, -0.25) is 9.36 Å². The van der Waals surface area contributed by atoms with Crippen molar-refractivity contribution >= 4 is 28.9 Å². The van der Waals surface area contributed by atoms with Crippen molar-refractivity contribution in [1.82, 2.24) is 9.55 Å². The zero-order valence-electron chi connectivity index (χ0n) is 20.8. The summed E-state index contributed by atoms with van der Waals surface area (Å²) >= 11 is 7.36. The Hall–Kier alpha value is -3.22. The maximum absolute atomic E-state index is 14.2. The van der Waals surface area contributed by atoms with Gasteiger partial charge in [-0.25, -0.2) is 9.78 Å². The van der Waals surface area contributed by atoms with Crippen molar-refractivity contribution < 1.29 is 9.90 Å². The van der Waals surface area contributed by atoms with Crippen LogP contribution in [0.2, 0.25) is 5.02 Å². The van der Waals surface area contributed by atoms with E-state index in [1.165, 1.54) is 17.4 Å². The van der Waals surface area contributed by atoms with E-state index < -0.39 is 5.97 Å². The van der Waals surface area contributed by atoms with Crippen molar-refractivity contribution in [2.45, 2.75) is 47.0 Å². The van der Waals surface area contributed by atoms with E-state index in [1.807, 2.05) is 63.4 Å². The van der Waals surface area contributed by atoms with Crippen LogP contribution in [0.4, 0.5) is 0 Å². The van der Waals surface area contributed by atoms with Gasteiger partial charge in [-0.15, -0.1) is 11.3 Å². The van der Waals surface area contributed by atoms with Crippen LogP contribution in [0.3, 0.4) is 0 Å². The lowest BCUT2D eigenvalue weighted by atomic mass is 9.97. The topological polar surface area (TPSA) is 72.2 Å². The third-order valence-electron chi connectivity index (χ3n) is 6.20. The van der Waals surface area contributed by atoms with Gasteiger partial charge in [-0.2, -0.15) is 0 Å². The number of hydrogen-bond acceptors (Lipinski definition) is 4. The Balaban J connectivity index is 2.04. The molecule has 0 atom stereocenters. The minimum absolute atomic E-state index is 0.134.